The van der Waals surface area contributed by atoms with E-state index in [1.54, 1.807) is 31.2 Å². The average molecular weight is 231 g/mol. The number of benzene rings is 1. The van der Waals surface area contributed by atoms with Crippen molar-refractivity contribution in [2.45, 2.75) is 19.8 Å². The van der Waals surface area contributed by atoms with Gasteiger partial charge in [0.15, 0.2) is 0 Å². The first kappa shape index (κ1) is 12.9. The van der Waals surface area contributed by atoms with Gasteiger partial charge >= 0.3 is 5.97 Å². The first-order valence-electron chi connectivity index (χ1n) is 5.27. The average Bonchev–Trinajstić information content (AvgIpc) is 2.30. The maximum absolute atomic E-state index is 11.6. The van der Waals surface area contributed by atoms with Gasteiger partial charge in [-0.1, -0.05) is 12.1 Å². The Kier molecular flexibility index (Phi) is 4.41. The summed E-state index contributed by atoms with van der Waals surface area (Å²) in [5.74, 6) is -1.72. The number of esters is 1. The van der Waals surface area contributed by atoms with E-state index in [2.05, 4.69) is 0 Å². The number of rotatable bonds is 4. The van der Waals surface area contributed by atoms with Crippen molar-refractivity contribution in [3.8, 4) is 6.07 Å². The molecule has 88 valence electrons. The molecule has 1 atom stereocenters. The van der Waals surface area contributed by atoms with Crippen LogP contribution >= 0.6 is 0 Å². The van der Waals surface area contributed by atoms with Crippen LogP contribution in [0.1, 0.15) is 30.9 Å². The summed E-state index contributed by atoms with van der Waals surface area (Å²) in [6, 6.07) is 8.32. The molecule has 0 unspecified atom stereocenters. The zero-order valence-corrected chi connectivity index (χ0v) is 9.77. The molecule has 0 aliphatic rings. The molecule has 0 bridgehead atoms. The zero-order chi connectivity index (χ0) is 12.8. The van der Waals surface area contributed by atoms with Crippen molar-refractivity contribution in [2.75, 3.05) is 6.61 Å². The number of nitriles is 1. The Balaban J connectivity index is 3.02. The number of carbonyl (C=O) groups excluding carboxylic acids is 2. The minimum absolute atomic E-state index is 0.235. The third-order valence-corrected chi connectivity index (χ3v) is 2.30. The maximum Gasteiger partial charge on any atom is 0.320 e. The fourth-order valence-corrected chi connectivity index (χ4v) is 1.51. The van der Waals surface area contributed by atoms with E-state index >= 15 is 0 Å². The molecule has 0 spiro atoms. The fraction of sp³-hybridized carbons (Fsp3) is 0.308. The van der Waals surface area contributed by atoms with E-state index in [0.717, 1.165) is 0 Å². The molecule has 0 fully saturated rings. The number of hydrogen-bond acceptors (Lipinski definition) is 4. The van der Waals surface area contributed by atoms with Gasteiger partial charge in [0.2, 0.25) is 0 Å². The second kappa shape index (κ2) is 5.80. The zero-order valence-electron chi connectivity index (χ0n) is 9.77. The van der Waals surface area contributed by atoms with E-state index in [1.807, 2.05) is 6.07 Å². The molecule has 0 saturated heterocycles. The highest BCUT2D eigenvalue weighted by atomic mass is 16.5. The van der Waals surface area contributed by atoms with Crippen LogP contribution in [0.3, 0.4) is 0 Å². The van der Waals surface area contributed by atoms with Crippen molar-refractivity contribution in [3.05, 3.63) is 35.4 Å². The largest absolute Gasteiger partial charge is 0.465 e. The lowest BCUT2D eigenvalue weighted by molar-refractivity contribution is -0.147. The molecular weight excluding hydrogens is 218 g/mol. The molecule has 0 saturated carbocycles. The number of Topliss-reactive ketones (excluding diaryl/α,β-unsaturated/α-hetero) is 1. The Hall–Kier alpha value is -2.15. The highest BCUT2D eigenvalue weighted by Crippen LogP contribution is 2.19. The third kappa shape index (κ3) is 3.15. The monoisotopic (exact) mass is 231 g/mol. The molecule has 0 radical (unpaired) electrons. The molecule has 17 heavy (non-hydrogen) atoms. The van der Waals surface area contributed by atoms with Crippen LogP contribution in [0.2, 0.25) is 0 Å². The van der Waals surface area contributed by atoms with Gasteiger partial charge in [0, 0.05) is 0 Å². The quantitative estimate of drug-likeness (QED) is 0.585. The van der Waals surface area contributed by atoms with Crippen LogP contribution in [0.5, 0.6) is 0 Å². The second-order valence-corrected chi connectivity index (χ2v) is 3.53. The molecule has 1 aromatic rings. The Morgan fingerprint density at radius 3 is 2.35 bits per heavy atom. The van der Waals surface area contributed by atoms with Crippen LogP contribution in [0.25, 0.3) is 0 Å². The van der Waals surface area contributed by atoms with Gasteiger partial charge < -0.3 is 4.74 Å². The smallest absolute Gasteiger partial charge is 0.320 e. The maximum atomic E-state index is 11.6. The number of hydrogen-bond donors (Lipinski definition) is 0. The van der Waals surface area contributed by atoms with Crippen LogP contribution in [-0.2, 0) is 14.3 Å². The van der Waals surface area contributed by atoms with Crippen molar-refractivity contribution < 1.29 is 14.3 Å². The molecular formula is C13H13NO3. The lowest BCUT2D eigenvalue weighted by Gasteiger charge is -2.12. The van der Waals surface area contributed by atoms with E-state index in [9.17, 15) is 9.59 Å². The van der Waals surface area contributed by atoms with E-state index in [4.69, 9.17) is 10.00 Å². The summed E-state index contributed by atoms with van der Waals surface area (Å²) in [6.45, 7) is 3.27. The van der Waals surface area contributed by atoms with Gasteiger partial charge in [-0.25, -0.2) is 0 Å². The van der Waals surface area contributed by atoms with Gasteiger partial charge in [-0.2, -0.15) is 5.26 Å². The summed E-state index contributed by atoms with van der Waals surface area (Å²) in [5.41, 5.74) is 1.04. The Labute approximate surface area is 99.8 Å². The SMILES string of the molecule is CCOC(=O)[C@@H](C(C)=O)c1ccc(C#N)cc1. The first-order chi connectivity index (χ1) is 8.10. The van der Waals surface area contributed by atoms with Crippen LogP contribution in [0.4, 0.5) is 0 Å². The van der Waals surface area contributed by atoms with E-state index in [-0.39, 0.29) is 12.4 Å². The Morgan fingerprint density at radius 1 is 1.35 bits per heavy atom. The van der Waals surface area contributed by atoms with Crippen LogP contribution in [0, 0.1) is 11.3 Å². The molecule has 0 aliphatic carbocycles. The normalized spacial score (nSPS) is 11.4. The summed E-state index contributed by atoms with van der Waals surface area (Å²) in [7, 11) is 0. The second-order valence-electron chi connectivity index (χ2n) is 3.53. The van der Waals surface area contributed by atoms with Crippen molar-refractivity contribution >= 4 is 11.8 Å². The summed E-state index contributed by atoms with van der Waals surface area (Å²) in [6.07, 6.45) is 0. The third-order valence-electron chi connectivity index (χ3n) is 2.30. The lowest BCUT2D eigenvalue weighted by atomic mass is 9.95. The van der Waals surface area contributed by atoms with E-state index in [0.29, 0.717) is 11.1 Å². The van der Waals surface area contributed by atoms with Crippen molar-refractivity contribution in [1.82, 2.24) is 0 Å². The highest BCUT2D eigenvalue weighted by Gasteiger charge is 2.26. The van der Waals surface area contributed by atoms with Gasteiger partial charge in [-0.3, -0.25) is 9.59 Å². The molecule has 4 nitrogen and oxygen atoms in total. The highest BCUT2D eigenvalue weighted by molar-refractivity contribution is 6.03. The Morgan fingerprint density at radius 2 is 1.94 bits per heavy atom. The predicted octanol–water partition coefficient (Wildman–Crippen LogP) is 1.79. The van der Waals surface area contributed by atoms with Crippen molar-refractivity contribution in [2.24, 2.45) is 0 Å². The van der Waals surface area contributed by atoms with Gasteiger partial charge in [0.25, 0.3) is 0 Å². The Bertz CT molecular complexity index is 457. The topological polar surface area (TPSA) is 67.2 Å². The van der Waals surface area contributed by atoms with Gasteiger partial charge in [-0.05, 0) is 31.5 Å². The van der Waals surface area contributed by atoms with Gasteiger partial charge in [-0.15, -0.1) is 0 Å². The number of ether oxygens (including phenoxy) is 1. The predicted molar refractivity (Wildman–Crippen MR) is 61.2 cm³/mol. The summed E-state index contributed by atoms with van der Waals surface area (Å²) >= 11 is 0. The molecule has 1 aromatic carbocycles. The van der Waals surface area contributed by atoms with Crippen LogP contribution in [-0.4, -0.2) is 18.4 Å². The first-order valence-corrected chi connectivity index (χ1v) is 5.27. The standard InChI is InChI=1S/C13H13NO3/c1-3-17-13(16)12(9(2)15)11-6-4-10(8-14)5-7-11/h4-7,12H,3H2,1-2H3/t12-/m0/s1. The fourth-order valence-electron chi connectivity index (χ4n) is 1.51. The van der Waals surface area contributed by atoms with E-state index < -0.39 is 11.9 Å². The van der Waals surface area contributed by atoms with E-state index in [1.165, 1.54) is 6.92 Å². The summed E-state index contributed by atoms with van der Waals surface area (Å²) in [5, 5.41) is 8.66. The summed E-state index contributed by atoms with van der Waals surface area (Å²) in [4.78, 5) is 23.1. The van der Waals surface area contributed by atoms with Gasteiger partial charge in [0.05, 0.1) is 18.2 Å². The number of nitrogens with zero attached hydrogens (tertiary/aromatic N) is 1. The van der Waals surface area contributed by atoms with Crippen molar-refractivity contribution in [3.63, 3.8) is 0 Å². The molecule has 4 heteroatoms. The molecule has 0 N–H and O–H groups in total. The molecule has 1 rings (SSSR count). The van der Waals surface area contributed by atoms with Crippen LogP contribution in [0.15, 0.2) is 24.3 Å². The number of ketones is 1. The molecule has 0 aliphatic heterocycles. The van der Waals surface area contributed by atoms with Gasteiger partial charge in [0.1, 0.15) is 11.7 Å². The molecule has 0 heterocycles. The lowest BCUT2D eigenvalue weighted by Crippen LogP contribution is -2.22. The summed E-state index contributed by atoms with van der Waals surface area (Å²) < 4.78 is 4.85. The minimum atomic E-state index is -0.900. The molecule has 0 aromatic heterocycles. The van der Waals surface area contributed by atoms with Crippen LogP contribution < -0.4 is 0 Å². The van der Waals surface area contributed by atoms with Crippen molar-refractivity contribution in [1.29, 1.82) is 5.26 Å². The minimum Gasteiger partial charge on any atom is -0.465 e. The molecule has 0 amide bonds. The number of carbonyl (C=O) groups is 2.